The van der Waals surface area contributed by atoms with E-state index in [0.717, 1.165) is 64.2 Å². The molecule has 0 aromatic carbocycles. The second-order valence-corrected chi connectivity index (χ2v) is 13.7. The van der Waals surface area contributed by atoms with E-state index in [4.69, 9.17) is 14.2 Å². The number of esters is 3. The molecule has 0 aliphatic carbocycles. The minimum Gasteiger partial charge on any atom is -0.466 e. The number of rotatable bonds is 31. The number of carbonyl (C=O) groups is 3. The highest BCUT2D eigenvalue weighted by atomic mass is 32.2. The highest BCUT2D eigenvalue weighted by Crippen LogP contribution is 2.12. The Kier molecular flexibility index (Phi) is 34.9. The van der Waals surface area contributed by atoms with E-state index in [9.17, 15) is 27.4 Å². The first-order chi connectivity index (χ1) is 22.1. The molecule has 0 aliphatic rings. The smallest absolute Gasteiger partial charge is 0.327 e. The van der Waals surface area contributed by atoms with Crippen molar-refractivity contribution in [3.8, 4) is 0 Å². The third kappa shape index (κ3) is 33.6. The molecule has 46 heavy (non-hydrogen) atoms. The summed E-state index contributed by atoms with van der Waals surface area (Å²) >= 11 is 0. The lowest BCUT2D eigenvalue weighted by Crippen LogP contribution is -2.34. The van der Waals surface area contributed by atoms with Crippen LogP contribution in [0.1, 0.15) is 168 Å². The summed E-state index contributed by atoms with van der Waals surface area (Å²) in [5, 5.41) is 0.856. The third-order valence-corrected chi connectivity index (χ3v) is 8.64. The summed E-state index contributed by atoms with van der Waals surface area (Å²) in [6.07, 6.45) is 24.4. The summed E-state index contributed by atoms with van der Waals surface area (Å²) in [6.45, 7) is 7.65. The van der Waals surface area contributed by atoms with Crippen molar-refractivity contribution in [3.05, 3.63) is 0 Å². The maximum Gasteiger partial charge on any atom is 0.327 e. The maximum atomic E-state index is 12.0. The van der Waals surface area contributed by atoms with Gasteiger partial charge in [-0.15, -0.1) is 0 Å². The first kappa shape index (κ1) is 46.4. The zero-order chi connectivity index (χ0) is 34.7. The summed E-state index contributed by atoms with van der Waals surface area (Å²) < 4.78 is 47.1. The zero-order valence-electron chi connectivity index (χ0n) is 29.8. The van der Waals surface area contributed by atoms with E-state index in [1.165, 1.54) is 64.2 Å². The molecule has 0 rings (SSSR count). The Bertz CT molecular complexity index is 821. The van der Waals surface area contributed by atoms with E-state index < -0.39 is 33.7 Å². The monoisotopic (exact) mass is 679 g/mol. The number of hydrogen-bond donors (Lipinski definition) is 2. The molecule has 0 saturated carbocycles. The van der Waals surface area contributed by atoms with Gasteiger partial charge in [0.1, 0.15) is 0 Å². The Hall–Kier alpha value is -1.72. The average Bonchev–Trinajstić information content (AvgIpc) is 3.01. The molecule has 0 aromatic heterocycles. The molecule has 1 atom stereocenters. The largest absolute Gasteiger partial charge is 0.466 e. The van der Waals surface area contributed by atoms with E-state index in [1.807, 2.05) is 0 Å². The molecule has 2 N–H and O–H groups in total. The molecule has 0 aliphatic heterocycles. The molecule has 0 amide bonds. The van der Waals surface area contributed by atoms with Gasteiger partial charge in [0.05, 0.1) is 32.8 Å². The second-order valence-electron chi connectivity index (χ2n) is 12.1. The molecule has 0 heterocycles. The summed E-state index contributed by atoms with van der Waals surface area (Å²) in [6, 6.07) is 0. The third-order valence-electron chi connectivity index (χ3n) is 7.56. The molecule has 0 fully saturated rings. The van der Waals surface area contributed by atoms with Gasteiger partial charge in [-0.25, -0.2) is 0 Å². The van der Waals surface area contributed by atoms with Gasteiger partial charge in [0.25, 0.3) is 10.1 Å². The lowest BCUT2D eigenvalue weighted by atomic mass is 10.1. The second kappa shape index (κ2) is 34.6. The van der Waals surface area contributed by atoms with Crippen molar-refractivity contribution in [2.75, 3.05) is 33.4 Å². The number of unbranched alkanes of at least 4 members (excludes halogenated alkanes) is 19. The van der Waals surface area contributed by atoms with Crippen molar-refractivity contribution >= 4 is 28.0 Å². The predicted molar refractivity (Wildman–Crippen MR) is 185 cm³/mol. The van der Waals surface area contributed by atoms with E-state index in [-0.39, 0.29) is 19.2 Å². The molecule has 274 valence electrons. The van der Waals surface area contributed by atoms with Gasteiger partial charge in [-0.1, -0.05) is 143 Å². The number of ether oxygens (including phenoxy) is 3. The minimum absolute atomic E-state index is 0.0732. The van der Waals surface area contributed by atoms with Crippen LogP contribution < -0.4 is 5.32 Å². The summed E-state index contributed by atoms with van der Waals surface area (Å²) in [7, 11) is -2.98. The van der Waals surface area contributed by atoms with E-state index in [2.05, 4.69) is 26.1 Å². The molecule has 0 saturated heterocycles. The van der Waals surface area contributed by atoms with Gasteiger partial charge in [0, 0.05) is 0 Å². The predicted octanol–water partition coefficient (Wildman–Crippen LogP) is 8.11. The SMILES string of the molecule is CCCCCCCCCCCCOC(=O)CNC.CCCCCCCCOC(=O)CC(C(=O)OCCCCCCCC)S(=O)(=O)O. The van der Waals surface area contributed by atoms with Crippen LogP contribution in [0.5, 0.6) is 0 Å². The van der Waals surface area contributed by atoms with E-state index >= 15 is 0 Å². The Labute approximate surface area is 281 Å². The number of nitrogens with one attached hydrogen (secondary N) is 1. The van der Waals surface area contributed by atoms with E-state index in [0.29, 0.717) is 26.0 Å². The minimum atomic E-state index is -4.73. The Morgan fingerprint density at radius 2 is 0.870 bits per heavy atom. The van der Waals surface area contributed by atoms with Crippen LogP contribution in [0.15, 0.2) is 0 Å². The fourth-order valence-electron chi connectivity index (χ4n) is 4.71. The van der Waals surface area contributed by atoms with Crippen LogP contribution in [-0.2, 0) is 38.7 Å². The first-order valence-corrected chi connectivity index (χ1v) is 19.7. The van der Waals surface area contributed by atoms with Crippen LogP contribution in [-0.4, -0.2) is 69.5 Å². The van der Waals surface area contributed by atoms with Crippen molar-refractivity contribution in [1.29, 1.82) is 0 Å². The van der Waals surface area contributed by atoms with Gasteiger partial charge in [0.2, 0.25) is 0 Å². The molecular weight excluding hydrogens is 610 g/mol. The summed E-state index contributed by atoms with van der Waals surface area (Å²) in [5.41, 5.74) is 0. The molecule has 0 radical (unpaired) electrons. The Morgan fingerprint density at radius 3 is 1.22 bits per heavy atom. The molecule has 0 bridgehead atoms. The number of carbonyl (C=O) groups excluding carboxylic acids is 3. The standard InChI is InChI=1S/C20H38O7S.C15H31NO2/c1-3-5-7-9-11-13-15-26-19(21)17-18(28(23,24)25)20(22)27-16-14-12-10-8-6-4-2;1-3-4-5-6-7-8-9-10-11-12-13-18-15(17)14-16-2/h18H,3-17H2,1-2H3,(H,23,24,25);16H,3-14H2,1-2H3. The van der Waals surface area contributed by atoms with Gasteiger partial charge in [0.15, 0.2) is 5.25 Å². The van der Waals surface area contributed by atoms with Crippen molar-refractivity contribution in [1.82, 2.24) is 5.32 Å². The normalized spacial score (nSPS) is 11.8. The molecular formula is C35H69NO9S. The lowest BCUT2D eigenvalue weighted by molar-refractivity contribution is -0.150. The molecule has 1 unspecified atom stereocenters. The van der Waals surface area contributed by atoms with Crippen molar-refractivity contribution in [2.45, 2.75) is 174 Å². The molecule has 0 aromatic rings. The van der Waals surface area contributed by atoms with Gasteiger partial charge >= 0.3 is 17.9 Å². The van der Waals surface area contributed by atoms with Crippen molar-refractivity contribution in [2.24, 2.45) is 0 Å². The Balaban J connectivity index is 0. The van der Waals surface area contributed by atoms with Crippen LogP contribution in [0, 0.1) is 0 Å². The number of likely N-dealkylation sites (N-methyl/N-ethyl adjacent to an activating group) is 1. The van der Waals surface area contributed by atoms with E-state index in [1.54, 1.807) is 7.05 Å². The highest BCUT2D eigenvalue weighted by molar-refractivity contribution is 7.87. The molecule has 11 heteroatoms. The fraction of sp³-hybridized carbons (Fsp3) is 0.914. The van der Waals surface area contributed by atoms with Crippen LogP contribution in [0.2, 0.25) is 0 Å². The van der Waals surface area contributed by atoms with Crippen LogP contribution >= 0.6 is 0 Å². The van der Waals surface area contributed by atoms with Gasteiger partial charge in [-0.2, -0.15) is 8.42 Å². The van der Waals surface area contributed by atoms with Crippen LogP contribution in [0.25, 0.3) is 0 Å². The average molecular weight is 680 g/mol. The summed E-state index contributed by atoms with van der Waals surface area (Å²) in [5.74, 6) is -2.08. The quantitative estimate of drug-likeness (QED) is 0.0319. The van der Waals surface area contributed by atoms with Gasteiger partial charge < -0.3 is 19.5 Å². The van der Waals surface area contributed by atoms with Crippen LogP contribution in [0.3, 0.4) is 0 Å². The van der Waals surface area contributed by atoms with Crippen molar-refractivity contribution < 1.29 is 41.6 Å². The first-order valence-electron chi connectivity index (χ1n) is 18.2. The van der Waals surface area contributed by atoms with Crippen molar-refractivity contribution in [3.63, 3.8) is 0 Å². The highest BCUT2D eigenvalue weighted by Gasteiger charge is 2.35. The molecule has 0 spiro atoms. The topological polar surface area (TPSA) is 145 Å². The van der Waals surface area contributed by atoms with Crippen LogP contribution in [0.4, 0.5) is 0 Å². The maximum absolute atomic E-state index is 12.0. The fourth-order valence-corrected chi connectivity index (χ4v) is 5.37. The Morgan fingerprint density at radius 1 is 0.543 bits per heavy atom. The zero-order valence-corrected chi connectivity index (χ0v) is 30.6. The summed E-state index contributed by atoms with van der Waals surface area (Å²) in [4.78, 5) is 34.8. The van der Waals surface area contributed by atoms with Gasteiger partial charge in [-0.3, -0.25) is 18.9 Å². The van der Waals surface area contributed by atoms with Gasteiger partial charge in [-0.05, 0) is 26.3 Å². The molecule has 10 nitrogen and oxygen atoms in total. The number of hydrogen-bond acceptors (Lipinski definition) is 9. The lowest BCUT2D eigenvalue weighted by Gasteiger charge is -2.13.